The molecule has 6 nitrogen and oxygen atoms in total. The van der Waals surface area contributed by atoms with Gasteiger partial charge in [0.15, 0.2) is 5.82 Å². The van der Waals surface area contributed by atoms with Gasteiger partial charge in [-0.15, -0.1) is 5.10 Å². The summed E-state index contributed by atoms with van der Waals surface area (Å²) in [6.07, 6.45) is 5.11. The van der Waals surface area contributed by atoms with E-state index in [1.165, 1.54) is 0 Å². The number of pyridine rings is 1. The lowest BCUT2D eigenvalue weighted by atomic mass is 10.2. The topological polar surface area (TPSA) is 75.6 Å². The number of aromatic nitrogens is 4. The predicted octanol–water partition coefficient (Wildman–Crippen LogP) is 3.58. The summed E-state index contributed by atoms with van der Waals surface area (Å²) >= 11 is 6.11. The number of halogens is 1. The molecule has 2 N–H and O–H groups in total. The zero-order valence-electron chi connectivity index (χ0n) is 12.5. The first kappa shape index (κ1) is 15.2. The van der Waals surface area contributed by atoms with E-state index in [2.05, 4.69) is 30.8 Å². The lowest BCUT2D eigenvalue weighted by Crippen LogP contribution is -2.05. The molecular formula is C16H15ClN6. The second-order valence-electron chi connectivity index (χ2n) is 4.97. The zero-order valence-corrected chi connectivity index (χ0v) is 13.2. The third-order valence-electron chi connectivity index (χ3n) is 3.18. The largest absolute Gasteiger partial charge is 0.364 e. The lowest BCUT2D eigenvalue weighted by Gasteiger charge is -2.08. The molecular weight excluding hydrogens is 312 g/mol. The third kappa shape index (κ3) is 4.14. The van der Waals surface area contributed by atoms with E-state index in [1.54, 1.807) is 18.6 Å². The molecule has 0 fully saturated rings. The number of rotatable bonds is 5. The third-order valence-corrected chi connectivity index (χ3v) is 3.59. The Morgan fingerprint density at radius 3 is 2.87 bits per heavy atom. The van der Waals surface area contributed by atoms with Crippen molar-refractivity contribution in [2.45, 2.75) is 13.5 Å². The summed E-state index contributed by atoms with van der Waals surface area (Å²) in [5, 5.41) is 14.9. The van der Waals surface area contributed by atoms with Gasteiger partial charge in [-0.25, -0.2) is 0 Å². The van der Waals surface area contributed by atoms with Crippen LogP contribution in [0.4, 0.5) is 17.5 Å². The van der Waals surface area contributed by atoms with Gasteiger partial charge in [0, 0.05) is 29.6 Å². The summed E-state index contributed by atoms with van der Waals surface area (Å²) in [7, 11) is 0. The first-order chi connectivity index (χ1) is 11.2. The Balaban J connectivity index is 1.68. The Morgan fingerprint density at radius 1 is 1.17 bits per heavy atom. The van der Waals surface area contributed by atoms with Crippen molar-refractivity contribution in [2.24, 2.45) is 0 Å². The van der Waals surface area contributed by atoms with Gasteiger partial charge in [0.25, 0.3) is 0 Å². The fourth-order valence-electron chi connectivity index (χ4n) is 1.94. The van der Waals surface area contributed by atoms with Crippen LogP contribution in [0, 0.1) is 6.92 Å². The quantitative estimate of drug-likeness (QED) is 0.746. The minimum atomic E-state index is 0.404. The fraction of sp³-hybridized carbons (Fsp3) is 0.125. The van der Waals surface area contributed by atoms with E-state index in [0.717, 1.165) is 16.8 Å². The van der Waals surface area contributed by atoms with Crippen molar-refractivity contribution in [3.63, 3.8) is 0 Å². The van der Waals surface area contributed by atoms with Crippen LogP contribution in [0.25, 0.3) is 0 Å². The molecule has 2 aromatic heterocycles. The van der Waals surface area contributed by atoms with Crippen LogP contribution in [-0.2, 0) is 6.54 Å². The van der Waals surface area contributed by atoms with Crippen LogP contribution in [0.5, 0.6) is 0 Å². The first-order valence-corrected chi connectivity index (χ1v) is 7.44. The van der Waals surface area contributed by atoms with Crippen molar-refractivity contribution in [1.29, 1.82) is 0 Å². The van der Waals surface area contributed by atoms with Gasteiger partial charge in [0.2, 0.25) is 5.95 Å². The van der Waals surface area contributed by atoms with Crippen molar-refractivity contribution >= 4 is 29.1 Å². The smallest absolute Gasteiger partial charge is 0.249 e. The molecule has 3 aromatic rings. The Labute approximate surface area is 139 Å². The van der Waals surface area contributed by atoms with Gasteiger partial charge in [-0.1, -0.05) is 23.7 Å². The highest BCUT2D eigenvalue weighted by Crippen LogP contribution is 2.21. The molecule has 1 aromatic carbocycles. The molecule has 0 aliphatic carbocycles. The summed E-state index contributed by atoms with van der Waals surface area (Å²) in [6.45, 7) is 2.56. The number of benzene rings is 1. The van der Waals surface area contributed by atoms with Gasteiger partial charge in [0.05, 0.1) is 6.20 Å². The summed E-state index contributed by atoms with van der Waals surface area (Å²) in [5.41, 5.74) is 2.89. The highest BCUT2D eigenvalue weighted by Gasteiger charge is 2.03. The maximum Gasteiger partial charge on any atom is 0.249 e. The van der Waals surface area contributed by atoms with Crippen LogP contribution in [0.2, 0.25) is 5.02 Å². The molecule has 0 atom stereocenters. The molecule has 0 bridgehead atoms. The monoisotopic (exact) mass is 326 g/mol. The van der Waals surface area contributed by atoms with Crippen molar-refractivity contribution in [3.8, 4) is 0 Å². The SMILES string of the molecule is Cc1ccc(Nc2nncc(NCc3cccnc3)n2)cc1Cl. The van der Waals surface area contributed by atoms with Crippen molar-refractivity contribution in [1.82, 2.24) is 20.2 Å². The molecule has 7 heteroatoms. The van der Waals surface area contributed by atoms with Gasteiger partial charge in [-0.3, -0.25) is 4.98 Å². The minimum absolute atomic E-state index is 0.404. The van der Waals surface area contributed by atoms with Crippen molar-refractivity contribution < 1.29 is 0 Å². The Kier molecular flexibility index (Phi) is 4.63. The standard InChI is InChI=1S/C16H15ClN6/c1-11-4-5-13(7-14(11)17)21-16-22-15(10-20-23-16)19-9-12-3-2-6-18-8-12/h2-8,10H,9H2,1H3,(H2,19,21,22,23). The maximum atomic E-state index is 6.11. The average Bonchev–Trinajstić information content (AvgIpc) is 2.58. The van der Waals surface area contributed by atoms with Crippen LogP contribution in [0.1, 0.15) is 11.1 Å². The molecule has 0 aliphatic rings. The van der Waals surface area contributed by atoms with Gasteiger partial charge in [-0.05, 0) is 36.2 Å². The molecule has 3 rings (SSSR count). The Morgan fingerprint density at radius 2 is 2.09 bits per heavy atom. The van der Waals surface area contributed by atoms with Crippen molar-refractivity contribution in [3.05, 3.63) is 65.1 Å². The molecule has 0 unspecified atom stereocenters. The van der Waals surface area contributed by atoms with E-state index in [1.807, 2.05) is 37.3 Å². The number of anilines is 3. The molecule has 0 saturated carbocycles. The maximum absolute atomic E-state index is 6.11. The molecule has 23 heavy (non-hydrogen) atoms. The molecule has 116 valence electrons. The van der Waals surface area contributed by atoms with Gasteiger partial charge < -0.3 is 10.6 Å². The van der Waals surface area contributed by atoms with E-state index in [9.17, 15) is 0 Å². The van der Waals surface area contributed by atoms with Crippen LogP contribution in [-0.4, -0.2) is 20.2 Å². The first-order valence-electron chi connectivity index (χ1n) is 7.06. The molecule has 2 heterocycles. The van der Waals surface area contributed by atoms with Gasteiger partial charge >= 0.3 is 0 Å². The molecule has 0 amide bonds. The molecule has 0 radical (unpaired) electrons. The normalized spacial score (nSPS) is 10.3. The number of nitrogens with one attached hydrogen (secondary N) is 2. The number of hydrogen-bond acceptors (Lipinski definition) is 6. The summed E-state index contributed by atoms with van der Waals surface area (Å²) in [6, 6.07) is 9.56. The fourth-order valence-corrected chi connectivity index (χ4v) is 2.12. The van der Waals surface area contributed by atoms with E-state index in [-0.39, 0.29) is 0 Å². The van der Waals surface area contributed by atoms with E-state index >= 15 is 0 Å². The summed E-state index contributed by atoms with van der Waals surface area (Å²) < 4.78 is 0. The van der Waals surface area contributed by atoms with Crippen LogP contribution in [0.15, 0.2) is 48.9 Å². The summed E-state index contributed by atoms with van der Waals surface area (Å²) in [5.74, 6) is 1.03. The number of hydrogen-bond donors (Lipinski definition) is 2. The highest BCUT2D eigenvalue weighted by atomic mass is 35.5. The van der Waals surface area contributed by atoms with E-state index < -0.39 is 0 Å². The predicted molar refractivity (Wildman–Crippen MR) is 90.9 cm³/mol. The van der Waals surface area contributed by atoms with Crippen LogP contribution < -0.4 is 10.6 Å². The minimum Gasteiger partial charge on any atom is -0.364 e. The number of aryl methyl sites for hydroxylation is 1. The summed E-state index contributed by atoms with van der Waals surface area (Å²) in [4.78, 5) is 8.45. The van der Waals surface area contributed by atoms with Crippen LogP contribution in [0.3, 0.4) is 0 Å². The zero-order chi connectivity index (χ0) is 16.1. The van der Waals surface area contributed by atoms with Gasteiger partial charge in [-0.2, -0.15) is 10.1 Å². The highest BCUT2D eigenvalue weighted by molar-refractivity contribution is 6.31. The molecule has 0 saturated heterocycles. The Hall–Kier alpha value is -2.73. The van der Waals surface area contributed by atoms with Gasteiger partial charge in [0.1, 0.15) is 0 Å². The van der Waals surface area contributed by atoms with E-state index in [0.29, 0.717) is 23.3 Å². The lowest BCUT2D eigenvalue weighted by molar-refractivity contribution is 0.964. The van der Waals surface area contributed by atoms with Crippen LogP contribution >= 0.6 is 11.6 Å². The molecule has 0 aliphatic heterocycles. The number of nitrogens with zero attached hydrogens (tertiary/aromatic N) is 4. The second-order valence-corrected chi connectivity index (χ2v) is 5.38. The average molecular weight is 327 g/mol. The second kappa shape index (κ2) is 7.02. The Bertz CT molecular complexity index is 794. The molecule has 0 spiro atoms. The van der Waals surface area contributed by atoms with E-state index in [4.69, 9.17) is 11.6 Å². The van der Waals surface area contributed by atoms with Crippen molar-refractivity contribution in [2.75, 3.05) is 10.6 Å².